The third-order valence-electron chi connectivity index (χ3n) is 15.2. The van der Waals surface area contributed by atoms with Crippen molar-refractivity contribution in [2.45, 2.75) is 137 Å². The van der Waals surface area contributed by atoms with Gasteiger partial charge in [-0.1, -0.05) is 84.4 Å². The normalized spacial score (nSPS) is 18.2. The van der Waals surface area contributed by atoms with Gasteiger partial charge in [0.05, 0.1) is 40.5 Å². The summed E-state index contributed by atoms with van der Waals surface area (Å²) in [6.07, 6.45) is 5.04. The third-order valence-corrected chi connectivity index (χ3v) is 16.2. The number of aryl methyl sites for hydroxylation is 1. The number of likely N-dealkylation sites (tertiary alicyclic amines) is 1. The monoisotopic (exact) mass is 1080 g/mol. The lowest BCUT2D eigenvalue weighted by Crippen LogP contribution is -2.67. The van der Waals surface area contributed by atoms with Crippen molar-refractivity contribution in [1.29, 1.82) is 0 Å². The number of allylic oxidation sites excluding steroid dienone is 1. The van der Waals surface area contributed by atoms with Crippen molar-refractivity contribution in [2.24, 2.45) is 10.8 Å². The Balaban J connectivity index is 0.812. The lowest BCUT2D eigenvalue weighted by molar-refractivity contribution is -0.156. The van der Waals surface area contributed by atoms with E-state index in [2.05, 4.69) is 59.4 Å². The van der Waals surface area contributed by atoms with E-state index in [-0.39, 0.29) is 55.3 Å². The van der Waals surface area contributed by atoms with Crippen LogP contribution in [0.15, 0.2) is 95.9 Å². The lowest BCUT2D eigenvalue weighted by Gasteiger charge is -2.48. The molecule has 78 heavy (non-hydrogen) atoms. The summed E-state index contributed by atoms with van der Waals surface area (Å²) in [6, 6.07) is 20.2. The second kappa shape index (κ2) is 23.3. The Bertz CT molecular complexity index is 3160. The molecule has 2 aliphatic heterocycles. The van der Waals surface area contributed by atoms with Crippen LogP contribution in [-0.4, -0.2) is 124 Å². The molecule has 18 nitrogen and oxygen atoms in total. The van der Waals surface area contributed by atoms with Gasteiger partial charge in [0.25, 0.3) is 5.56 Å². The molecule has 416 valence electrons. The van der Waals surface area contributed by atoms with Gasteiger partial charge in [-0.25, -0.2) is 24.3 Å². The lowest BCUT2D eigenvalue weighted by atomic mass is 9.70. The number of carbonyl (C=O) groups is 3. The number of rotatable bonds is 19. The summed E-state index contributed by atoms with van der Waals surface area (Å²) in [5, 5.41) is 31.8. The number of piperazine rings is 1. The van der Waals surface area contributed by atoms with E-state index >= 15 is 0 Å². The van der Waals surface area contributed by atoms with E-state index in [0.717, 1.165) is 78.6 Å². The zero-order valence-corrected chi connectivity index (χ0v) is 47.8. The second-order valence-electron chi connectivity index (χ2n) is 23.5. The number of aromatic nitrogens is 6. The van der Waals surface area contributed by atoms with E-state index in [0.29, 0.717) is 34.9 Å². The van der Waals surface area contributed by atoms with Crippen molar-refractivity contribution in [2.75, 3.05) is 49.5 Å². The number of aliphatic hydroxyl groups excluding tert-OH is 1. The van der Waals surface area contributed by atoms with E-state index in [1.165, 1.54) is 10.9 Å². The summed E-state index contributed by atoms with van der Waals surface area (Å²) in [4.78, 5) is 82.4. The maximum absolute atomic E-state index is 14.8. The van der Waals surface area contributed by atoms with Crippen molar-refractivity contribution < 1.29 is 24.6 Å². The first kappa shape index (κ1) is 57.4. The molecule has 2 fully saturated rings. The molecule has 0 radical (unpaired) electrons. The Kier molecular flexibility index (Phi) is 17.1. The van der Waals surface area contributed by atoms with Crippen LogP contribution >= 0.6 is 11.3 Å². The highest BCUT2D eigenvalue weighted by Gasteiger charge is 2.61. The van der Waals surface area contributed by atoms with Crippen molar-refractivity contribution in [3.8, 4) is 16.3 Å². The van der Waals surface area contributed by atoms with E-state index in [1.54, 1.807) is 59.0 Å². The van der Waals surface area contributed by atoms with Crippen molar-refractivity contribution >= 4 is 57.4 Å². The van der Waals surface area contributed by atoms with Crippen LogP contribution in [0.3, 0.4) is 0 Å². The van der Waals surface area contributed by atoms with Crippen LogP contribution in [0.5, 0.6) is 0 Å². The van der Waals surface area contributed by atoms with Crippen molar-refractivity contribution in [3.05, 3.63) is 118 Å². The van der Waals surface area contributed by atoms with E-state index in [9.17, 15) is 29.4 Å². The maximum Gasteiger partial charge on any atom is 0.278 e. The number of nitrogens with one attached hydrogen (secondary N) is 3. The molecule has 2 aliphatic rings. The van der Waals surface area contributed by atoms with Gasteiger partial charge >= 0.3 is 0 Å². The average Bonchev–Trinajstić information content (AvgIpc) is 4.20. The first-order chi connectivity index (χ1) is 36.9. The summed E-state index contributed by atoms with van der Waals surface area (Å²) in [7, 11) is 0. The van der Waals surface area contributed by atoms with Gasteiger partial charge < -0.3 is 36.0 Å². The van der Waals surface area contributed by atoms with Crippen molar-refractivity contribution in [1.82, 2.24) is 49.7 Å². The number of fused-ring (bicyclic) bond motifs is 1. The van der Waals surface area contributed by atoms with Crippen LogP contribution < -0.4 is 26.4 Å². The number of unbranched alkanes of at least 4 members (excludes halogenated alkanes) is 2. The molecule has 4 aromatic heterocycles. The first-order valence-corrected chi connectivity index (χ1v) is 28.0. The topological polar surface area (TPSA) is 216 Å². The van der Waals surface area contributed by atoms with Gasteiger partial charge in [-0.15, -0.1) is 17.9 Å². The molecule has 6 heterocycles. The van der Waals surface area contributed by atoms with Gasteiger partial charge in [-0.05, 0) is 105 Å². The molecule has 6 aromatic rings. The van der Waals surface area contributed by atoms with Gasteiger partial charge in [0.2, 0.25) is 23.7 Å². The molecule has 4 atom stereocenters. The summed E-state index contributed by atoms with van der Waals surface area (Å²) in [5.41, 5.74) is 3.18. The Labute approximate surface area is 462 Å². The molecule has 2 aromatic carbocycles. The molecular formula is C59H78N12O6S. The van der Waals surface area contributed by atoms with Gasteiger partial charge in [0.1, 0.15) is 22.6 Å². The molecular weight excluding hydrogens is 1000 g/mol. The highest BCUT2D eigenvalue weighted by atomic mass is 32.1. The van der Waals surface area contributed by atoms with Crippen LogP contribution in [-0.2, 0) is 26.5 Å². The van der Waals surface area contributed by atoms with Crippen LogP contribution in [0.1, 0.15) is 117 Å². The SMILES string of the molecule is C=CCn1c(=O)c2cnc(Nc3ccc(N4CCN(CCCCCC(=O)N[C@H](C(=O)N5C[C@H](O)C[C@@]5(C(=O)N[C@@H](C)c5ccc(-c6scnc6C)cc5)C(C)(C)C)C(C)(C)C)CC4)cc3)nc2n1-c1cccc(C(C)(C)O)n1. The maximum atomic E-state index is 14.8. The number of carbonyl (C=O) groups excluding carboxylic acids is 3. The first-order valence-electron chi connectivity index (χ1n) is 27.1. The predicted octanol–water partition coefficient (Wildman–Crippen LogP) is 8.03. The Hall–Kier alpha value is -6.80. The number of anilines is 3. The standard InChI is InChI=1S/C59H78N12O6S/c1-12-28-70-52(74)45-35-60-55(66-51(45)71(70)47-18-16-17-46(64-47)58(10,11)77)63-42-24-26-43(27-25-42)68-32-30-67(31-33-68)29-15-13-14-19-48(73)65-50(56(4,5)6)53(75)69-36-44(72)34-59(69,57(7,8)9)54(76)62-38(2)40-20-22-41(23-21-40)49-39(3)61-37-78-49/h12,16-18,20-27,35,37-38,44,50,72,77H,1,13-15,19,28-34,36H2,2-11H3,(H,62,76)(H,65,73)(H,60,63,66)/t38-,44+,50+,59+/m0/s1. The van der Waals surface area contributed by atoms with E-state index in [1.807, 2.05) is 97.3 Å². The molecule has 0 saturated carbocycles. The highest BCUT2D eigenvalue weighted by molar-refractivity contribution is 7.13. The number of hydrogen-bond donors (Lipinski definition) is 5. The molecule has 5 N–H and O–H groups in total. The van der Waals surface area contributed by atoms with Crippen LogP contribution in [0.4, 0.5) is 17.3 Å². The quantitative estimate of drug-likeness (QED) is 0.0384. The number of pyridine rings is 1. The molecule has 8 rings (SSSR count). The number of aliphatic hydroxyl groups is 2. The van der Waals surface area contributed by atoms with Crippen LogP contribution in [0.2, 0.25) is 0 Å². The molecule has 19 heteroatoms. The van der Waals surface area contributed by atoms with Crippen molar-refractivity contribution in [3.63, 3.8) is 0 Å². The number of β-amino-alcohol motifs (C(OH)–C–C–N with tert-alkyl or cyclic N) is 1. The van der Waals surface area contributed by atoms with Gasteiger partial charge in [-0.2, -0.15) is 4.98 Å². The summed E-state index contributed by atoms with van der Waals surface area (Å²) in [5.74, 6) is -0.178. The average molecular weight is 1080 g/mol. The molecule has 2 saturated heterocycles. The summed E-state index contributed by atoms with van der Waals surface area (Å²) >= 11 is 1.58. The largest absolute Gasteiger partial charge is 0.391 e. The second-order valence-corrected chi connectivity index (χ2v) is 24.4. The molecule has 3 amide bonds. The summed E-state index contributed by atoms with van der Waals surface area (Å²) < 4.78 is 3.13. The molecule has 0 aliphatic carbocycles. The van der Waals surface area contributed by atoms with Gasteiger partial charge in [0.15, 0.2) is 11.5 Å². The number of benzene rings is 2. The van der Waals surface area contributed by atoms with Crippen LogP contribution in [0.25, 0.3) is 27.3 Å². The van der Waals surface area contributed by atoms with Gasteiger partial charge in [0, 0.05) is 63.1 Å². The number of hydrogen-bond acceptors (Lipinski definition) is 14. The molecule has 0 spiro atoms. The third kappa shape index (κ3) is 12.4. The van der Waals surface area contributed by atoms with Gasteiger partial charge in [-0.3, -0.25) is 24.1 Å². The minimum Gasteiger partial charge on any atom is -0.391 e. The molecule has 0 unspecified atom stereocenters. The van der Waals surface area contributed by atoms with E-state index in [4.69, 9.17) is 4.98 Å². The summed E-state index contributed by atoms with van der Waals surface area (Å²) in [6.45, 7) is 27.2. The minimum absolute atomic E-state index is 0.0166. The number of thiazole rings is 1. The number of amides is 3. The predicted molar refractivity (Wildman–Crippen MR) is 308 cm³/mol. The fraction of sp³-hybridized carbons (Fsp3) is 0.492. The Morgan fingerprint density at radius 3 is 2.23 bits per heavy atom. The van der Waals surface area contributed by atoms with Crippen LogP contribution in [0, 0.1) is 17.8 Å². The fourth-order valence-electron chi connectivity index (χ4n) is 10.8. The van der Waals surface area contributed by atoms with E-state index < -0.39 is 34.1 Å². The fourth-order valence-corrected chi connectivity index (χ4v) is 11.6. The number of nitrogens with zero attached hydrogens (tertiary/aromatic N) is 9. The highest BCUT2D eigenvalue weighted by Crippen LogP contribution is 2.46. The Morgan fingerprint density at radius 1 is 0.897 bits per heavy atom. The minimum atomic E-state index is -1.38. The molecule has 0 bridgehead atoms. The zero-order chi connectivity index (χ0) is 56.3. The smallest absolute Gasteiger partial charge is 0.278 e. The Morgan fingerprint density at radius 2 is 1.60 bits per heavy atom. The zero-order valence-electron chi connectivity index (χ0n) is 47.0.